The number of aromatic nitrogens is 3. The molecule has 1 aromatic carbocycles. The van der Waals surface area contributed by atoms with E-state index in [0.29, 0.717) is 12.1 Å². The van der Waals surface area contributed by atoms with Crippen molar-refractivity contribution in [3.05, 3.63) is 42.5 Å². The lowest BCUT2D eigenvalue weighted by atomic mass is 10.0. The first-order chi connectivity index (χ1) is 9.83. The summed E-state index contributed by atoms with van der Waals surface area (Å²) < 4.78 is 1.80. The van der Waals surface area contributed by atoms with Gasteiger partial charge in [0.25, 0.3) is 0 Å². The molecule has 1 saturated heterocycles. The van der Waals surface area contributed by atoms with Crippen LogP contribution in [0, 0.1) is 0 Å². The van der Waals surface area contributed by atoms with E-state index in [1.807, 2.05) is 0 Å². The van der Waals surface area contributed by atoms with Gasteiger partial charge in [-0.3, -0.25) is 0 Å². The maximum absolute atomic E-state index is 4.18. The Bertz CT molecular complexity index is 535. The highest BCUT2D eigenvalue weighted by Gasteiger charge is 2.16. The minimum Gasteiger partial charge on any atom is -0.307 e. The molecule has 20 heavy (non-hydrogen) atoms. The zero-order chi connectivity index (χ0) is 13.8. The molecule has 0 saturated carbocycles. The predicted molar refractivity (Wildman–Crippen MR) is 83.3 cm³/mol. The average molecular weight is 288 g/mol. The summed E-state index contributed by atoms with van der Waals surface area (Å²) in [5, 5.41) is 7.93. The van der Waals surface area contributed by atoms with Crippen LogP contribution in [0.4, 0.5) is 0 Å². The van der Waals surface area contributed by atoms with Crippen LogP contribution in [-0.4, -0.2) is 32.3 Å². The predicted octanol–water partition coefficient (Wildman–Crippen LogP) is 2.81. The zero-order valence-corrected chi connectivity index (χ0v) is 12.5. The van der Waals surface area contributed by atoms with Gasteiger partial charge in [-0.25, -0.2) is 9.67 Å². The molecule has 1 aromatic heterocycles. The zero-order valence-electron chi connectivity index (χ0n) is 11.7. The van der Waals surface area contributed by atoms with E-state index in [4.69, 9.17) is 0 Å². The van der Waals surface area contributed by atoms with E-state index >= 15 is 0 Å². The molecule has 106 valence electrons. The quantitative estimate of drug-likeness (QED) is 0.939. The van der Waals surface area contributed by atoms with Crippen molar-refractivity contribution in [2.75, 3.05) is 11.5 Å². The van der Waals surface area contributed by atoms with E-state index in [1.165, 1.54) is 29.9 Å². The van der Waals surface area contributed by atoms with Crippen molar-refractivity contribution in [2.45, 2.75) is 31.8 Å². The first kappa shape index (κ1) is 13.6. The average Bonchev–Trinajstić information content (AvgIpc) is 3.03. The Kier molecular flexibility index (Phi) is 4.38. The third-order valence-electron chi connectivity index (χ3n) is 3.76. The lowest BCUT2D eigenvalue weighted by molar-refractivity contribution is 0.431. The van der Waals surface area contributed by atoms with Crippen LogP contribution in [0.1, 0.15) is 31.4 Å². The molecule has 2 heterocycles. The van der Waals surface area contributed by atoms with Gasteiger partial charge in [-0.1, -0.05) is 12.1 Å². The summed E-state index contributed by atoms with van der Waals surface area (Å²) in [5.41, 5.74) is 2.36. The van der Waals surface area contributed by atoms with Gasteiger partial charge in [-0.05, 0) is 49.0 Å². The minimum absolute atomic E-state index is 0.367. The van der Waals surface area contributed by atoms with Crippen molar-refractivity contribution in [3.8, 4) is 5.69 Å². The number of benzene rings is 1. The van der Waals surface area contributed by atoms with Crippen LogP contribution in [0.3, 0.4) is 0 Å². The van der Waals surface area contributed by atoms with Crippen LogP contribution < -0.4 is 5.32 Å². The fourth-order valence-electron chi connectivity index (χ4n) is 2.59. The second kappa shape index (κ2) is 6.41. The number of thioether (sulfide) groups is 1. The molecule has 5 heteroatoms. The maximum atomic E-state index is 4.18. The number of hydrogen-bond acceptors (Lipinski definition) is 4. The fourth-order valence-corrected chi connectivity index (χ4v) is 3.70. The second-order valence-corrected chi connectivity index (χ2v) is 6.43. The molecule has 0 spiro atoms. The van der Waals surface area contributed by atoms with Crippen LogP contribution in [0.5, 0.6) is 0 Å². The lowest BCUT2D eigenvalue weighted by Gasteiger charge is -2.26. The van der Waals surface area contributed by atoms with Crippen molar-refractivity contribution in [1.29, 1.82) is 0 Å². The molecule has 0 aliphatic carbocycles. The van der Waals surface area contributed by atoms with Crippen molar-refractivity contribution >= 4 is 11.8 Å². The van der Waals surface area contributed by atoms with Gasteiger partial charge < -0.3 is 5.32 Å². The number of nitrogens with one attached hydrogen (secondary N) is 1. The fraction of sp³-hybridized carbons (Fsp3) is 0.467. The SMILES string of the molecule is C[C@H](NC1CCSCC1)c1cccc(-n2cncn2)c1. The van der Waals surface area contributed by atoms with Crippen molar-refractivity contribution in [2.24, 2.45) is 0 Å². The highest BCUT2D eigenvalue weighted by atomic mass is 32.2. The minimum atomic E-state index is 0.367. The molecule has 1 aliphatic rings. The van der Waals surface area contributed by atoms with Gasteiger partial charge in [-0.2, -0.15) is 16.9 Å². The third-order valence-corrected chi connectivity index (χ3v) is 4.81. The summed E-state index contributed by atoms with van der Waals surface area (Å²) >= 11 is 2.06. The maximum Gasteiger partial charge on any atom is 0.138 e. The summed E-state index contributed by atoms with van der Waals surface area (Å²) in [6.07, 6.45) is 5.85. The van der Waals surface area contributed by atoms with Gasteiger partial charge in [-0.15, -0.1) is 0 Å². The van der Waals surface area contributed by atoms with Gasteiger partial charge in [0.2, 0.25) is 0 Å². The molecule has 2 aromatic rings. The molecule has 3 rings (SSSR count). The van der Waals surface area contributed by atoms with Gasteiger partial charge in [0.05, 0.1) is 5.69 Å². The monoisotopic (exact) mass is 288 g/mol. The second-order valence-electron chi connectivity index (χ2n) is 5.21. The molecule has 0 radical (unpaired) electrons. The summed E-state index contributed by atoms with van der Waals surface area (Å²) in [6.45, 7) is 2.24. The van der Waals surface area contributed by atoms with Crippen molar-refractivity contribution < 1.29 is 0 Å². The Balaban J connectivity index is 1.71. The topological polar surface area (TPSA) is 42.7 Å². The first-order valence-electron chi connectivity index (χ1n) is 7.11. The molecule has 0 unspecified atom stereocenters. The summed E-state index contributed by atoms with van der Waals surface area (Å²) in [4.78, 5) is 4.00. The van der Waals surface area contributed by atoms with Crippen LogP contribution >= 0.6 is 11.8 Å². The molecule has 1 atom stereocenters. The van der Waals surface area contributed by atoms with Crippen LogP contribution in [0.2, 0.25) is 0 Å². The van der Waals surface area contributed by atoms with Crippen LogP contribution in [0.25, 0.3) is 5.69 Å². The largest absolute Gasteiger partial charge is 0.307 e. The third kappa shape index (κ3) is 3.22. The van der Waals surface area contributed by atoms with Crippen molar-refractivity contribution in [3.63, 3.8) is 0 Å². The van der Waals surface area contributed by atoms with E-state index in [1.54, 1.807) is 17.3 Å². The van der Waals surface area contributed by atoms with E-state index in [0.717, 1.165) is 5.69 Å². The van der Waals surface area contributed by atoms with E-state index < -0.39 is 0 Å². The standard InChI is InChI=1S/C15H20N4S/c1-12(18-14-5-7-20-8-6-14)13-3-2-4-15(9-13)19-11-16-10-17-19/h2-4,9-12,14,18H,5-8H2,1H3/t12-/m0/s1. The van der Waals surface area contributed by atoms with Gasteiger partial charge in [0.1, 0.15) is 12.7 Å². The summed E-state index contributed by atoms with van der Waals surface area (Å²) in [7, 11) is 0. The Hall–Kier alpha value is -1.33. The summed E-state index contributed by atoms with van der Waals surface area (Å²) in [5.74, 6) is 2.56. The summed E-state index contributed by atoms with van der Waals surface area (Å²) in [6, 6.07) is 9.52. The molecule has 0 amide bonds. The van der Waals surface area contributed by atoms with E-state index in [-0.39, 0.29) is 0 Å². The highest BCUT2D eigenvalue weighted by Crippen LogP contribution is 2.22. The molecular weight excluding hydrogens is 268 g/mol. The van der Waals surface area contributed by atoms with Gasteiger partial charge in [0, 0.05) is 12.1 Å². The number of hydrogen-bond donors (Lipinski definition) is 1. The molecule has 1 fully saturated rings. The van der Waals surface area contributed by atoms with Gasteiger partial charge in [0.15, 0.2) is 0 Å². The smallest absolute Gasteiger partial charge is 0.138 e. The highest BCUT2D eigenvalue weighted by molar-refractivity contribution is 7.99. The van der Waals surface area contributed by atoms with Gasteiger partial charge >= 0.3 is 0 Å². The Morgan fingerprint density at radius 1 is 1.35 bits per heavy atom. The molecule has 0 bridgehead atoms. The molecule has 1 N–H and O–H groups in total. The molecule has 1 aliphatic heterocycles. The number of rotatable bonds is 4. The Labute approximate surface area is 124 Å². The van der Waals surface area contributed by atoms with Crippen LogP contribution in [0.15, 0.2) is 36.9 Å². The number of nitrogens with zero attached hydrogens (tertiary/aromatic N) is 3. The van der Waals surface area contributed by atoms with Crippen LogP contribution in [-0.2, 0) is 0 Å². The lowest BCUT2D eigenvalue weighted by Crippen LogP contribution is -2.34. The Morgan fingerprint density at radius 3 is 2.95 bits per heavy atom. The first-order valence-corrected chi connectivity index (χ1v) is 8.27. The molecular formula is C15H20N4S. The van der Waals surface area contributed by atoms with E-state index in [9.17, 15) is 0 Å². The van der Waals surface area contributed by atoms with E-state index in [2.05, 4.69) is 58.4 Å². The van der Waals surface area contributed by atoms with Crippen molar-refractivity contribution in [1.82, 2.24) is 20.1 Å². The normalized spacial score (nSPS) is 18.1. The molecule has 4 nitrogen and oxygen atoms in total. The Morgan fingerprint density at radius 2 is 2.20 bits per heavy atom.